The first-order valence-corrected chi connectivity index (χ1v) is 50.7. The number of aromatic nitrogens is 16. The van der Waals surface area contributed by atoms with E-state index in [2.05, 4.69) is 43.9 Å². The summed E-state index contributed by atoms with van der Waals surface area (Å²) < 4.78 is 36.5. The minimum atomic E-state index is 0.0544. The molecule has 4 saturated heterocycles. The van der Waals surface area contributed by atoms with Gasteiger partial charge in [-0.3, -0.25) is 66.7 Å². The number of hydrogen-bond donors (Lipinski definition) is 0. The topological polar surface area (TPSA) is 337 Å². The van der Waals surface area contributed by atoms with Gasteiger partial charge in [0.05, 0.1) is 103 Å². The molecule has 0 saturated carbocycles. The summed E-state index contributed by atoms with van der Waals surface area (Å²) in [5, 5.41) is 30.7. The number of pyridine rings is 1. The molecule has 8 aromatic heterocycles. The molecular formula is C115H116N20O12. The minimum Gasteiger partial charge on any atom is -0.379 e. The van der Waals surface area contributed by atoms with E-state index in [1.807, 2.05) is 242 Å². The first-order valence-electron chi connectivity index (χ1n) is 50.7. The first kappa shape index (κ1) is 97.3. The van der Waals surface area contributed by atoms with Crippen LogP contribution < -0.4 is 0 Å². The van der Waals surface area contributed by atoms with Crippen LogP contribution in [0.15, 0.2) is 238 Å². The largest absolute Gasteiger partial charge is 0.379 e. The highest BCUT2D eigenvalue weighted by atomic mass is 16.5. The van der Waals surface area contributed by atoms with Crippen molar-refractivity contribution < 1.29 is 57.3 Å². The lowest BCUT2D eigenvalue weighted by molar-refractivity contribution is -0.130. The molecule has 0 N–H and O–H groups in total. The van der Waals surface area contributed by atoms with Crippen LogP contribution in [0.2, 0.25) is 0 Å². The molecule has 24 rings (SSSR count). The van der Waals surface area contributed by atoms with Crippen LogP contribution in [-0.4, -0.2) is 224 Å². The number of Topliss-reactive ketones (excluding diaryl/α,β-unsaturated/α-hetero) is 4. The quantitative estimate of drug-likeness (QED) is 0.0537. The number of carbonyl (C=O) groups is 8. The van der Waals surface area contributed by atoms with E-state index in [1.54, 1.807) is 57.4 Å². The number of nitrogens with zero attached hydrogens (tertiary/aromatic N) is 20. The third-order valence-corrected chi connectivity index (χ3v) is 29.5. The van der Waals surface area contributed by atoms with Crippen LogP contribution in [0.4, 0.5) is 0 Å². The van der Waals surface area contributed by atoms with Crippen molar-refractivity contribution in [3.05, 3.63) is 333 Å². The number of rotatable bonds is 23. The summed E-state index contributed by atoms with van der Waals surface area (Å²) in [5.74, 6) is 0.491. The summed E-state index contributed by atoms with van der Waals surface area (Å²) in [6.07, 6.45) is 20.3. The summed E-state index contributed by atoms with van der Waals surface area (Å²) in [6, 6.07) is 63.6. The Hall–Kier alpha value is -15.8. The molecule has 8 aliphatic rings. The summed E-state index contributed by atoms with van der Waals surface area (Å²) in [6.45, 7) is 17.6. The van der Waals surface area contributed by atoms with E-state index in [1.165, 1.54) is 29.1 Å². The Morgan fingerprint density at radius 3 is 1.10 bits per heavy atom. The fraction of sp³-hybridized carbons (Fsp3) is 0.330. The molecule has 0 bridgehead atoms. The van der Waals surface area contributed by atoms with Crippen molar-refractivity contribution in [3.8, 4) is 50.7 Å². The highest BCUT2D eigenvalue weighted by Gasteiger charge is 2.38. The second-order valence-electron chi connectivity index (χ2n) is 39.2. The molecule has 0 aliphatic carbocycles. The lowest BCUT2D eigenvalue weighted by atomic mass is 9.96. The molecule has 4 amide bonds. The number of hydrogen-bond acceptors (Lipinski definition) is 21. The number of ether oxygens (including phenoxy) is 4. The molecule has 8 aliphatic heterocycles. The standard InChI is InChI=1S/C29H30N6O3.C29H29N5O3.C29H28N4O3.C28H29N5O3/c1-20(36)33-11-9-27-26(16-33)29(32-35(27)25-10-12-38-17-25)24-4-2-3-23(14-24)28(37)13-21-5-7-22(8-6-21)15-34-19-30-18-31-34;1-20(35)32-12-9-27-26(17-32)29(31-34(27)25-10-14-37-18-25)23-4-2-3-22(16-23)28(36)15-21-5-7-24(8-6-21)33-13-11-30-19-33;1-19(34)32-12-9-27-25(17-32)29(31-33(27)24-10-13-36-18-24)23-5-2-4-22(16-23)28(35)15-20-7-8-26-21(14-20)6-3-11-30-26;1-18(34)32-10-8-25-24(16-32)28(30-33(25)23-9-11-36-17-23)21-5-3-4-20(14-21)27(35)13-19-6-7-22-15-29-31(2)26(22)12-19/h2-8,14,18-19,25H,9-13,15-17H2,1H3;2-8,11,13,16,19,25H,9-10,12,14-15,17-18H2,1H3;2-8,11,14,16,24H,9-10,12-13,15,17-18H2,1H3;3-7,12,14-15,23H,8-11,13,16-17H2,1-2H3. The number of imidazole rings is 1. The molecule has 16 heterocycles. The summed E-state index contributed by atoms with van der Waals surface area (Å²) in [5.41, 5.74) is 26.6. The molecule has 0 radical (unpaired) electrons. The van der Waals surface area contributed by atoms with Gasteiger partial charge >= 0.3 is 0 Å². The van der Waals surface area contributed by atoms with Crippen LogP contribution >= 0.6 is 0 Å². The summed E-state index contributed by atoms with van der Waals surface area (Å²) in [4.78, 5) is 122. The number of fused-ring (bicyclic) bond motifs is 6. The molecule has 8 aromatic carbocycles. The van der Waals surface area contributed by atoms with Gasteiger partial charge < -0.3 is 43.1 Å². The second kappa shape index (κ2) is 43.3. The van der Waals surface area contributed by atoms with Gasteiger partial charge in [-0.1, -0.05) is 133 Å². The van der Waals surface area contributed by atoms with Crippen LogP contribution in [0.1, 0.15) is 192 Å². The van der Waals surface area contributed by atoms with E-state index < -0.39 is 0 Å². The fourth-order valence-corrected chi connectivity index (χ4v) is 21.4. The van der Waals surface area contributed by atoms with Crippen molar-refractivity contribution in [1.29, 1.82) is 0 Å². The van der Waals surface area contributed by atoms with E-state index >= 15 is 0 Å². The molecule has 0 spiro atoms. The lowest BCUT2D eigenvalue weighted by Crippen LogP contribution is -2.35. The Kier molecular flexibility index (Phi) is 28.6. The smallest absolute Gasteiger partial charge is 0.219 e. The maximum atomic E-state index is 13.3. The van der Waals surface area contributed by atoms with Crippen molar-refractivity contribution >= 4 is 68.6 Å². The Labute approximate surface area is 850 Å². The van der Waals surface area contributed by atoms with Crippen LogP contribution in [-0.2, 0) is 129 Å². The van der Waals surface area contributed by atoms with Gasteiger partial charge in [-0.05, 0) is 114 Å². The fourth-order valence-electron chi connectivity index (χ4n) is 21.4. The lowest BCUT2D eigenvalue weighted by Gasteiger charge is -2.27. The zero-order valence-electron chi connectivity index (χ0n) is 83.2. The van der Waals surface area contributed by atoms with Gasteiger partial charge in [0.25, 0.3) is 0 Å². The van der Waals surface area contributed by atoms with E-state index in [-0.39, 0.29) is 70.9 Å². The molecule has 4 atom stereocenters. The second-order valence-corrected chi connectivity index (χ2v) is 39.2. The SMILES string of the molecule is CC(=O)N1CCc2c(c(-c3cccc(C(=O)Cc4ccc(-n5ccnc5)cc4)c3)nn2C2CCOC2)C1.CC(=O)N1CCc2c(c(-c3cccc(C(=O)Cc4ccc(Cn5cncn5)cc4)c3)nn2C2CCOC2)C1.CC(=O)N1CCc2c(c(-c3cccc(C(=O)Cc4ccc5cnn(C)c5c4)c3)nn2C2CCOC2)C1.CC(=O)N1CCc2c(c(-c3cccc(C(=O)Cc4ccc5ncccc5c4)c3)nn2C2CCOC2)C1. The van der Waals surface area contributed by atoms with Crippen molar-refractivity contribution in [3.63, 3.8) is 0 Å². The predicted octanol–water partition coefficient (Wildman–Crippen LogP) is 15.6. The molecule has 32 nitrogen and oxygen atoms in total. The zero-order chi connectivity index (χ0) is 101. The van der Waals surface area contributed by atoms with Gasteiger partial charge in [0.15, 0.2) is 23.1 Å². The molecular weight excluding hydrogens is 1850 g/mol. The Bertz CT molecular complexity index is 7620. The van der Waals surface area contributed by atoms with Crippen molar-refractivity contribution in [2.75, 3.05) is 79.0 Å². The van der Waals surface area contributed by atoms with Gasteiger partial charge in [-0.2, -0.15) is 30.6 Å². The summed E-state index contributed by atoms with van der Waals surface area (Å²) >= 11 is 0. The Morgan fingerprint density at radius 1 is 0.361 bits per heavy atom. The highest BCUT2D eigenvalue weighted by Crippen LogP contribution is 2.41. The number of benzene rings is 8. The van der Waals surface area contributed by atoms with Crippen LogP contribution in [0.25, 0.3) is 72.5 Å². The number of aryl methyl sites for hydroxylation is 1. The normalized spacial score (nSPS) is 17.2. The molecule has 748 valence electrons. The number of ketones is 4. The molecule has 4 fully saturated rings. The van der Waals surface area contributed by atoms with E-state index in [0.29, 0.717) is 133 Å². The highest BCUT2D eigenvalue weighted by molar-refractivity contribution is 6.02. The third kappa shape index (κ3) is 21.4. The van der Waals surface area contributed by atoms with E-state index in [4.69, 9.17) is 39.3 Å². The summed E-state index contributed by atoms with van der Waals surface area (Å²) in [7, 11) is 1.90. The average Bonchev–Trinajstić information content (AvgIpc) is 1.62. The van der Waals surface area contributed by atoms with Crippen molar-refractivity contribution in [2.24, 2.45) is 7.05 Å². The van der Waals surface area contributed by atoms with Crippen molar-refractivity contribution in [2.45, 2.75) is 162 Å². The number of amides is 4. The third-order valence-electron chi connectivity index (χ3n) is 29.5. The Balaban J connectivity index is 0.000000115. The minimum absolute atomic E-state index is 0.0544. The molecule has 147 heavy (non-hydrogen) atoms. The van der Waals surface area contributed by atoms with Crippen LogP contribution in [0, 0.1) is 0 Å². The van der Waals surface area contributed by atoms with Gasteiger partial charge in [0, 0.05) is 289 Å². The number of carbonyl (C=O) groups excluding carboxylic acids is 8. The first-order chi connectivity index (χ1) is 71.6. The van der Waals surface area contributed by atoms with Gasteiger partial charge in [-0.15, -0.1) is 0 Å². The van der Waals surface area contributed by atoms with Gasteiger partial charge in [0.2, 0.25) is 23.6 Å². The van der Waals surface area contributed by atoms with Crippen LogP contribution in [0.5, 0.6) is 0 Å². The Morgan fingerprint density at radius 2 is 0.735 bits per heavy atom. The maximum Gasteiger partial charge on any atom is 0.219 e. The predicted molar refractivity (Wildman–Crippen MR) is 551 cm³/mol. The van der Waals surface area contributed by atoms with E-state index in [0.717, 1.165) is 200 Å². The average molecular weight is 1970 g/mol. The molecule has 32 heteroatoms. The van der Waals surface area contributed by atoms with E-state index in [9.17, 15) is 38.4 Å². The molecule has 4 unspecified atom stereocenters. The van der Waals surface area contributed by atoms with Gasteiger partial charge in [-0.25, -0.2) is 14.6 Å². The monoisotopic (exact) mass is 1970 g/mol. The van der Waals surface area contributed by atoms with Crippen molar-refractivity contribution in [1.82, 2.24) is 97.8 Å². The molecule has 16 aromatic rings. The maximum absolute atomic E-state index is 13.3. The van der Waals surface area contributed by atoms with Crippen LogP contribution in [0.3, 0.4) is 0 Å². The van der Waals surface area contributed by atoms with Gasteiger partial charge in [0.1, 0.15) is 12.7 Å². The zero-order valence-corrected chi connectivity index (χ0v) is 83.2.